The number of hydrogen-bond donors (Lipinski definition) is 0. The lowest BCUT2D eigenvalue weighted by Crippen LogP contribution is -2.16. The summed E-state index contributed by atoms with van der Waals surface area (Å²) in [6.45, 7) is 2.16. The number of halogens is 4. The van der Waals surface area contributed by atoms with E-state index in [-0.39, 0.29) is 5.75 Å². The van der Waals surface area contributed by atoms with Crippen LogP contribution in [0.3, 0.4) is 0 Å². The van der Waals surface area contributed by atoms with Crippen LogP contribution in [-0.4, -0.2) is 6.36 Å². The Hall–Kier alpha value is -2.82. The lowest BCUT2D eigenvalue weighted by molar-refractivity contribution is -0.274. The summed E-state index contributed by atoms with van der Waals surface area (Å²) in [5.41, 5.74) is 6.35. The quantitative estimate of drug-likeness (QED) is 0.319. The zero-order valence-corrected chi connectivity index (χ0v) is 15.9. The van der Waals surface area contributed by atoms with Crippen molar-refractivity contribution in [1.82, 2.24) is 0 Å². The van der Waals surface area contributed by atoms with Gasteiger partial charge in [0.05, 0.1) is 0 Å². The maximum absolute atomic E-state index is 14.8. The fraction of sp³-hybridized carbons (Fsp3) is 0.250. The number of aryl methyl sites for hydroxylation is 1. The molecule has 4 rings (SSSR count). The van der Waals surface area contributed by atoms with E-state index < -0.39 is 12.2 Å². The molecule has 0 bridgehead atoms. The molecule has 5 heteroatoms. The molecule has 0 amide bonds. The molecule has 0 aromatic heterocycles. The maximum atomic E-state index is 14.8. The molecule has 29 heavy (non-hydrogen) atoms. The standard InChI is InChI=1S/C24H20F4O/c1-2-3-4-15-5-10-20-17(11-15)12-18-13-22(23(25)14-21(18)20)16-6-8-19(9-7-16)29-24(26,27)28/h5-11,13-14H,2-4,12H2,1H3. The van der Waals surface area contributed by atoms with Crippen molar-refractivity contribution < 1.29 is 22.3 Å². The Bertz CT molecular complexity index is 1040. The number of rotatable bonds is 5. The summed E-state index contributed by atoms with van der Waals surface area (Å²) in [4.78, 5) is 0. The Morgan fingerprint density at radius 1 is 0.862 bits per heavy atom. The maximum Gasteiger partial charge on any atom is 0.573 e. The predicted octanol–water partition coefficient (Wildman–Crippen LogP) is 7.31. The van der Waals surface area contributed by atoms with Crippen LogP contribution in [0.15, 0.2) is 54.6 Å². The van der Waals surface area contributed by atoms with Crippen LogP contribution >= 0.6 is 0 Å². The van der Waals surface area contributed by atoms with Gasteiger partial charge < -0.3 is 4.74 Å². The van der Waals surface area contributed by atoms with Gasteiger partial charge in [0.1, 0.15) is 11.6 Å². The van der Waals surface area contributed by atoms with E-state index in [0.29, 0.717) is 11.1 Å². The molecule has 0 spiro atoms. The van der Waals surface area contributed by atoms with Crippen LogP contribution in [0.4, 0.5) is 17.6 Å². The van der Waals surface area contributed by atoms with Gasteiger partial charge in [-0.3, -0.25) is 0 Å². The van der Waals surface area contributed by atoms with E-state index in [0.717, 1.165) is 42.4 Å². The minimum Gasteiger partial charge on any atom is -0.406 e. The summed E-state index contributed by atoms with van der Waals surface area (Å²) in [5, 5.41) is 0. The van der Waals surface area contributed by atoms with Crippen LogP contribution in [0, 0.1) is 5.82 Å². The van der Waals surface area contributed by atoms with Crippen molar-refractivity contribution in [1.29, 1.82) is 0 Å². The van der Waals surface area contributed by atoms with Gasteiger partial charge >= 0.3 is 6.36 Å². The summed E-state index contributed by atoms with van der Waals surface area (Å²) >= 11 is 0. The highest BCUT2D eigenvalue weighted by Crippen LogP contribution is 2.40. The molecule has 0 heterocycles. The molecule has 1 nitrogen and oxygen atoms in total. The Morgan fingerprint density at radius 2 is 1.59 bits per heavy atom. The molecule has 0 radical (unpaired) electrons. The first kappa shape index (κ1) is 19.5. The molecule has 3 aromatic rings. The minimum atomic E-state index is -4.75. The number of ether oxygens (including phenoxy) is 1. The first-order valence-corrected chi connectivity index (χ1v) is 9.65. The van der Waals surface area contributed by atoms with Crippen LogP contribution in [0.25, 0.3) is 22.3 Å². The number of alkyl halides is 3. The van der Waals surface area contributed by atoms with Crippen LogP contribution in [-0.2, 0) is 12.8 Å². The smallest absolute Gasteiger partial charge is 0.406 e. The molecule has 150 valence electrons. The highest BCUT2D eigenvalue weighted by Gasteiger charge is 2.31. The highest BCUT2D eigenvalue weighted by atomic mass is 19.4. The van der Waals surface area contributed by atoms with E-state index in [1.165, 1.54) is 41.5 Å². The fourth-order valence-corrected chi connectivity index (χ4v) is 3.87. The zero-order valence-electron chi connectivity index (χ0n) is 15.9. The summed E-state index contributed by atoms with van der Waals surface area (Å²) in [5.74, 6) is -0.717. The largest absolute Gasteiger partial charge is 0.573 e. The van der Waals surface area contributed by atoms with E-state index in [4.69, 9.17) is 0 Å². The fourth-order valence-electron chi connectivity index (χ4n) is 3.87. The first-order valence-electron chi connectivity index (χ1n) is 9.65. The topological polar surface area (TPSA) is 9.23 Å². The molecule has 0 unspecified atom stereocenters. The lowest BCUT2D eigenvalue weighted by atomic mass is 9.98. The molecule has 0 atom stereocenters. The van der Waals surface area contributed by atoms with Gasteiger partial charge in [-0.25, -0.2) is 4.39 Å². The molecule has 0 saturated heterocycles. The molecular formula is C24H20F4O. The highest BCUT2D eigenvalue weighted by molar-refractivity contribution is 5.81. The normalized spacial score (nSPS) is 12.6. The Morgan fingerprint density at radius 3 is 2.28 bits per heavy atom. The second-order valence-electron chi connectivity index (χ2n) is 7.33. The molecule has 0 N–H and O–H groups in total. The second kappa shape index (κ2) is 7.54. The van der Waals surface area contributed by atoms with Crippen molar-refractivity contribution in [2.45, 2.75) is 39.0 Å². The van der Waals surface area contributed by atoms with E-state index >= 15 is 0 Å². The van der Waals surface area contributed by atoms with Crippen LogP contribution in [0.5, 0.6) is 5.75 Å². The predicted molar refractivity (Wildman–Crippen MR) is 105 cm³/mol. The van der Waals surface area contributed by atoms with E-state index in [2.05, 4.69) is 29.9 Å². The lowest BCUT2D eigenvalue weighted by Gasteiger charge is -2.11. The molecule has 0 aliphatic heterocycles. The van der Waals surface area contributed by atoms with Gasteiger partial charge in [0.15, 0.2) is 0 Å². The average molecular weight is 400 g/mol. The van der Waals surface area contributed by atoms with Crippen molar-refractivity contribution >= 4 is 0 Å². The number of unbranched alkanes of at least 4 members (excludes halogenated alkanes) is 1. The van der Waals surface area contributed by atoms with Crippen molar-refractivity contribution in [3.8, 4) is 28.0 Å². The molecule has 3 aromatic carbocycles. The summed E-state index contributed by atoms with van der Waals surface area (Å²) in [7, 11) is 0. The molecule has 0 saturated carbocycles. The molecule has 1 aliphatic rings. The zero-order chi connectivity index (χ0) is 20.6. The van der Waals surface area contributed by atoms with Crippen molar-refractivity contribution in [3.63, 3.8) is 0 Å². The van der Waals surface area contributed by atoms with Gasteiger partial charge in [-0.15, -0.1) is 13.2 Å². The van der Waals surface area contributed by atoms with E-state index in [9.17, 15) is 17.6 Å². The van der Waals surface area contributed by atoms with E-state index in [1.807, 2.05) is 0 Å². The molecular weight excluding hydrogens is 380 g/mol. The van der Waals surface area contributed by atoms with Gasteiger partial charge in [-0.05, 0) is 76.9 Å². The first-order chi connectivity index (χ1) is 13.8. The van der Waals surface area contributed by atoms with Crippen molar-refractivity contribution in [2.75, 3.05) is 0 Å². The number of fused-ring (bicyclic) bond motifs is 3. The third-order valence-corrected chi connectivity index (χ3v) is 5.25. The SMILES string of the molecule is CCCCc1ccc2c(c1)Cc1cc(-c3ccc(OC(F)(F)F)cc3)c(F)cc1-2. The van der Waals surface area contributed by atoms with Crippen LogP contribution in [0.1, 0.15) is 36.5 Å². The average Bonchev–Trinajstić information content (AvgIpc) is 3.02. The van der Waals surface area contributed by atoms with Gasteiger partial charge in [0.25, 0.3) is 0 Å². The molecule has 1 aliphatic carbocycles. The summed E-state index contributed by atoms with van der Waals surface area (Å²) in [6, 6.07) is 15.0. The van der Waals surface area contributed by atoms with Crippen LogP contribution < -0.4 is 4.74 Å². The Balaban J connectivity index is 1.62. The monoisotopic (exact) mass is 400 g/mol. The van der Waals surface area contributed by atoms with Gasteiger partial charge in [-0.1, -0.05) is 43.7 Å². The van der Waals surface area contributed by atoms with Crippen LogP contribution in [0.2, 0.25) is 0 Å². The number of benzene rings is 3. The number of hydrogen-bond acceptors (Lipinski definition) is 1. The third-order valence-electron chi connectivity index (χ3n) is 5.25. The minimum absolute atomic E-state index is 0.324. The van der Waals surface area contributed by atoms with E-state index in [1.54, 1.807) is 6.07 Å². The third kappa shape index (κ3) is 4.14. The van der Waals surface area contributed by atoms with Gasteiger partial charge in [0, 0.05) is 5.56 Å². The van der Waals surface area contributed by atoms with Crippen molar-refractivity contribution in [3.05, 3.63) is 77.1 Å². The van der Waals surface area contributed by atoms with Gasteiger partial charge in [0.2, 0.25) is 0 Å². The molecule has 0 fully saturated rings. The van der Waals surface area contributed by atoms with Crippen molar-refractivity contribution in [2.24, 2.45) is 0 Å². The van der Waals surface area contributed by atoms with Gasteiger partial charge in [-0.2, -0.15) is 0 Å². The second-order valence-corrected chi connectivity index (χ2v) is 7.33. The Kier molecular flexibility index (Phi) is 5.07. The summed E-state index contributed by atoms with van der Waals surface area (Å²) < 4.78 is 55.7. The summed E-state index contributed by atoms with van der Waals surface area (Å²) in [6.07, 6.45) is -0.710. The Labute approximate surface area is 167 Å².